The Hall–Kier alpha value is -2.79. The first-order chi connectivity index (χ1) is 9.62. The first-order valence-corrected chi connectivity index (χ1v) is 6.58. The summed E-state index contributed by atoms with van der Waals surface area (Å²) in [7, 11) is -4.91. The fourth-order valence-electron chi connectivity index (χ4n) is 1.84. The van der Waals surface area contributed by atoms with Crippen LogP contribution in [-0.4, -0.2) is 27.9 Å². The molecule has 0 aliphatic rings. The van der Waals surface area contributed by atoms with Crippen LogP contribution in [0, 0.1) is 20.2 Å². The van der Waals surface area contributed by atoms with E-state index in [0.717, 1.165) is 12.1 Å². The van der Waals surface area contributed by atoms with Gasteiger partial charge in [0.25, 0.3) is 0 Å². The first-order valence-electron chi connectivity index (χ1n) is 5.17. The van der Waals surface area contributed by atoms with Crippen molar-refractivity contribution in [3.05, 3.63) is 44.5 Å². The number of aromatic hydroxyl groups is 1. The zero-order valence-electron chi connectivity index (χ0n) is 9.92. The fourth-order valence-corrected chi connectivity index (χ4v) is 2.34. The molecule has 0 unspecified atom stereocenters. The molecule has 0 amide bonds. The van der Waals surface area contributed by atoms with Gasteiger partial charge in [0.2, 0.25) is 0 Å². The molecular formula is C10H5N2O8S-. The molecule has 21 heavy (non-hydrogen) atoms. The van der Waals surface area contributed by atoms with Crippen molar-refractivity contribution in [2.45, 2.75) is 4.90 Å². The van der Waals surface area contributed by atoms with Crippen molar-refractivity contribution < 1.29 is 27.9 Å². The number of nitro benzene ring substituents is 2. The van der Waals surface area contributed by atoms with Gasteiger partial charge in [0, 0.05) is 5.39 Å². The summed E-state index contributed by atoms with van der Waals surface area (Å²) in [6.45, 7) is 0. The van der Waals surface area contributed by atoms with Crippen molar-refractivity contribution in [1.82, 2.24) is 0 Å². The zero-order valence-corrected chi connectivity index (χ0v) is 10.7. The lowest BCUT2D eigenvalue weighted by atomic mass is 10.1. The molecular weight excluding hydrogens is 308 g/mol. The molecule has 0 atom stereocenters. The predicted octanol–water partition coefficient (Wildman–Crippen LogP) is 1.27. The van der Waals surface area contributed by atoms with Gasteiger partial charge in [-0.15, -0.1) is 0 Å². The number of rotatable bonds is 3. The second kappa shape index (κ2) is 4.64. The van der Waals surface area contributed by atoms with Crippen LogP contribution in [0.15, 0.2) is 29.2 Å². The molecule has 0 aliphatic heterocycles. The molecule has 110 valence electrons. The molecule has 0 fully saturated rings. The van der Waals surface area contributed by atoms with Crippen LogP contribution < -0.4 is 0 Å². The van der Waals surface area contributed by atoms with Crippen LogP contribution in [0.2, 0.25) is 0 Å². The Morgan fingerprint density at radius 3 is 2.10 bits per heavy atom. The maximum Gasteiger partial charge on any atom is 0.354 e. The summed E-state index contributed by atoms with van der Waals surface area (Å²) in [6, 6.07) is 3.03. The van der Waals surface area contributed by atoms with Gasteiger partial charge in [-0.1, -0.05) is 0 Å². The van der Waals surface area contributed by atoms with E-state index in [1.165, 1.54) is 0 Å². The lowest BCUT2D eigenvalue weighted by Crippen LogP contribution is -2.01. The van der Waals surface area contributed by atoms with Gasteiger partial charge in [0.05, 0.1) is 26.2 Å². The summed E-state index contributed by atoms with van der Waals surface area (Å²) >= 11 is 0. The summed E-state index contributed by atoms with van der Waals surface area (Å²) in [4.78, 5) is 18.9. The Morgan fingerprint density at radius 1 is 1.00 bits per heavy atom. The first kappa shape index (κ1) is 14.6. The van der Waals surface area contributed by atoms with Crippen LogP contribution in [0.25, 0.3) is 10.8 Å². The second-order valence-electron chi connectivity index (χ2n) is 3.94. The Balaban J connectivity index is 3.03. The highest BCUT2D eigenvalue weighted by molar-refractivity contribution is 7.85. The van der Waals surface area contributed by atoms with E-state index >= 15 is 0 Å². The molecule has 0 saturated heterocycles. The number of nitro groups is 2. The number of nitrogens with zero attached hydrogens (tertiary/aromatic N) is 2. The highest BCUT2D eigenvalue weighted by atomic mass is 32.2. The number of phenolic OH excluding ortho intramolecular Hbond substituents is 1. The highest BCUT2D eigenvalue weighted by Gasteiger charge is 2.30. The molecule has 11 heteroatoms. The quantitative estimate of drug-likeness (QED) is 0.502. The van der Waals surface area contributed by atoms with Gasteiger partial charge < -0.3 is 9.66 Å². The van der Waals surface area contributed by atoms with Gasteiger partial charge in [-0.25, -0.2) is 8.42 Å². The fraction of sp³-hybridized carbons (Fsp3) is 0. The standard InChI is InChI=1S/C10H6N2O8S/c13-9-4-8(11(14)15)10(12(16)17)7-3-5(21(18,19)20)1-2-6(7)9/h1-4,13H,(H,18,19,20)/p-1. The van der Waals surface area contributed by atoms with Crippen LogP contribution in [-0.2, 0) is 10.1 Å². The molecule has 0 aromatic heterocycles. The van der Waals surface area contributed by atoms with E-state index in [0.29, 0.717) is 12.1 Å². The van der Waals surface area contributed by atoms with E-state index in [4.69, 9.17) is 0 Å². The SMILES string of the molecule is O=[N+]([O-])c1cc(O)c2ccc(S(=O)(=O)[O-])cc2c1[N+](=O)[O-]. The molecule has 0 saturated carbocycles. The molecule has 10 nitrogen and oxygen atoms in total. The average Bonchev–Trinajstić information content (AvgIpc) is 2.36. The Kier molecular flexibility index (Phi) is 3.23. The number of phenols is 1. The van der Waals surface area contributed by atoms with Crippen LogP contribution in [0.4, 0.5) is 11.4 Å². The van der Waals surface area contributed by atoms with Gasteiger partial charge in [-0.3, -0.25) is 20.2 Å². The van der Waals surface area contributed by atoms with Gasteiger partial charge in [-0.05, 0) is 18.2 Å². The van der Waals surface area contributed by atoms with E-state index in [-0.39, 0.29) is 5.39 Å². The summed E-state index contributed by atoms with van der Waals surface area (Å²) in [5.74, 6) is -0.642. The van der Waals surface area contributed by atoms with Crippen molar-refractivity contribution in [3.8, 4) is 5.75 Å². The lowest BCUT2D eigenvalue weighted by molar-refractivity contribution is -0.421. The molecule has 0 radical (unpaired) electrons. The molecule has 0 spiro atoms. The number of fused-ring (bicyclic) bond motifs is 1. The van der Waals surface area contributed by atoms with Gasteiger partial charge in [0.15, 0.2) is 0 Å². The van der Waals surface area contributed by atoms with Crippen molar-refractivity contribution in [2.75, 3.05) is 0 Å². The Bertz CT molecular complexity index is 890. The van der Waals surface area contributed by atoms with Crippen molar-refractivity contribution in [3.63, 3.8) is 0 Å². The number of hydrogen-bond acceptors (Lipinski definition) is 8. The van der Waals surface area contributed by atoms with E-state index in [9.17, 15) is 38.3 Å². The third-order valence-corrected chi connectivity index (χ3v) is 3.54. The summed E-state index contributed by atoms with van der Waals surface area (Å²) in [5.41, 5.74) is -2.01. The molecule has 2 aromatic carbocycles. The molecule has 2 aromatic rings. The maximum atomic E-state index is 11.0. The van der Waals surface area contributed by atoms with E-state index in [1.54, 1.807) is 0 Å². The molecule has 1 N–H and O–H groups in total. The predicted molar refractivity (Wildman–Crippen MR) is 66.9 cm³/mol. The van der Waals surface area contributed by atoms with Crippen LogP contribution in [0.3, 0.4) is 0 Å². The van der Waals surface area contributed by atoms with Crippen molar-refractivity contribution in [1.29, 1.82) is 0 Å². The largest absolute Gasteiger partial charge is 0.744 e. The van der Waals surface area contributed by atoms with Crippen LogP contribution in [0.5, 0.6) is 5.75 Å². The molecule has 0 aliphatic carbocycles. The van der Waals surface area contributed by atoms with Gasteiger partial charge in [-0.2, -0.15) is 0 Å². The summed E-state index contributed by atoms with van der Waals surface area (Å²) in [5, 5.41) is 30.8. The molecule has 2 rings (SSSR count). The van der Waals surface area contributed by atoms with E-state index in [1.807, 2.05) is 0 Å². The normalized spacial score (nSPS) is 11.5. The van der Waals surface area contributed by atoms with Crippen LogP contribution >= 0.6 is 0 Å². The van der Waals surface area contributed by atoms with Crippen molar-refractivity contribution >= 4 is 32.3 Å². The smallest absolute Gasteiger partial charge is 0.354 e. The summed E-state index contributed by atoms with van der Waals surface area (Å²) in [6.07, 6.45) is 0. The summed E-state index contributed by atoms with van der Waals surface area (Å²) < 4.78 is 32.8. The highest BCUT2D eigenvalue weighted by Crippen LogP contribution is 2.41. The van der Waals surface area contributed by atoms with E-state index < -0.39 is 47.4 Å². The number of benzene rings is 2. The van der Waals surface area contributed by atoms with E-state index in [2.05, 4.69) is 0 Å². The van der Waals surface area contributed by atoms with Crippen molar-refractivity contribution in [2.24, 2.45) is 0 Å². The topological polar surface area (TPSA) is 164 Å². The van der Waals surface area contributed by atoms with Gasteiger partial charge in [0.1, 0.15) is 15.9 Å². The Labute approximate surface area is 116 Å². The third-order valence-electron chi connectivity index (χ3n) is 2.71. The zero-order chi connectivity index (χ0) is 15.9. The van der Waals surface area contributed by atoms with Gasteiger partial charge >= 0.3 is 11.4 Å². The minimum absolute atomic E-state index is 0.181. The average molecular weight is 313 g/mol. The lowest BCUT2D eigenvalue weighted by Gasteiger charge is -2.09. The minimum atomic E-state index is -4.91. The maximum absolute atomic E-state index is 11.0. The number of hydrogen-bond donors (Lipinski definition) is 1. The Morgan fingerprint density at radius 2 is 1.62 bits per heavy atom. The second-order valence-corrected chi connectivity index (χ2v) is 5.32. The molecule has 0 bridgehead atoms. The molecule has 0 heterocycles. The minimum Gasteiger partial charge on any atom is -0.744 e. The monoisotopic (exact) mass is 313 g/mol. The third kappa shape index (κ3) is 2.46. The van der Waals surface area contributed by atoms with Crippen LogP contribution in [0.1, 0.15) is 0 Å².